The predicted molar refractivity (Wildman–Crippen MR) is 63.4 cm³/mol. The van der Waals surface area contributed by atoms with E-state index in [0.717, 1.165) is 17.6 Å². The van der Waals surface area contributed by atoms with Crippen molar-refractivity contribution in [2.24, 2.45) is 11.8 Å². The van der Waals surface area contributed by atoms with E-state index in [1.54, 1.807) is 0 Å². The highest BCUT2D eigenvalue weighted by molar-refractivity contribution is 6.32. The van der Waals surface area contributed by atoms with Crippen LogP contribution in [0, 0.1) is 11.8 Å². The van der Waals surface area contributed by atoms with Crippen molar-refractivity contribution in [3.05, 3.63) is 29.3 Å². The highest BCUT2D eigenvalue weighted by atomic mass is 35.5. The molecule has 1 aromatic carbocycles. The molecule has 1 aliphatic carbocycles. The lowest BCUT2D eigenvalue weighted by Gasteiger charge is -2.38. The monoisotopic (exact) mass is 224 g/mol. The fraction of sp³-hybridized carbons (Fsp3) is 0.538. The molecule has 2 rings (SSSR count). The van der Waals surface area contributed by atoms with E-state index in [2.05, 4.69) is 13.8 Å². The first-order valence-electron chi connectivity index (χ1n) is 5.58. The van der Waals surface area contributed by atoms with Crippen LogP contribution in [-0.2, 0) is 0 Å². The number of rotatable bonds is 3. The zero-order chi connectivity index (χ0) is 10.8. The molecule has 0 amide bonds. The Hall–Kier alpha value is -0.690. The number of benzene rings is 1. The van der Waals surface area contributed by atoms with E-state index in [-0.39, 0.29) is 0 Å². The molecule has 15 heavy (non-hydrogen) atoms. The molecular weight excluding hydrogens is 208 g/mol. The molecule has 1 saturated carbocycles. The van der Waals surface area contributed by atoms with Gasteiger partial charge in [0, 0.05) is 0 Å². The van der Waals surface area contributed by atoms with E-state index in [0.29, 0.717) is 11.1 Å². The van der Waals surface area contributed by atoms with Gasteiger partial charge in [0.1, 0.15) is 5.75 Å². The summed E-state index contributed by atoms with van der Waals surface area (Å²) in [6.07, 6.45) is 2.71. The van der Waals surface area contributed by atoms with Gasteiger partial charge in [0.2, 0.25) is 0 Å². The van der Waals surface area contributed by atoms with Crippen LogP contribution in [0.25, 0.3) is 0 Å². The van der Waals surface area contributed by atoms with E-state index in [1.807, 2.05) is 24.3 Å². The first-order chi connectivity index (χ1) is 7.16. The third kappa shape index (κ3) is 2.46. The molecule has 0 saturated heterocycles. The molecule has 0 aliphatic heterocycles. The normalized spacial score (nSPS) is 25.1. The Bertz CT molecular complexity index is 329. The summed E-state index contributed by atoms with van der Waals surface area (Å²) in [6.45, 7) is 4.55. The fourth-order valence-electron chi connectivity index (χ4n) is 1.97. The molecule has 0 radical (unpaired) electrons. The van der Waals surface area contributed by atoms with E-state index in [4.69, 9.17) is 16.3 Å². The third-order valence-corrected chi connectivity index (χ3v) is 3.52. The average molecular weight is 225 g/mol. The van der Waals surface area contributed by atoms with Crippen molar-refractivity contribution in [2.75, 3.05) is 0 Å². The van der Waals surface area contributed by atoms with Gasteiger partial charge in [0.25, 0.3) is 0 Å². The van der Waals surface area contributed by atoms with Crippen LogP contribution in [0.4, 0.5) is 0 Å². The van der Waals surface area contributed by atoms with Crippen molar-refractivity contribution in [1.82, 2.24) is 0 Å². The Balaban J connectivity index is 1.88. The third-order valence-electron chi connectivity index (χ3n) is 3.20. The number of halogens is 1. The van der Waals surface area contributed by atoms with Crippen LogP contribution in [0.2, 0.25) is 5.02 Å². The van der Waals surface area contributed by atoms with Crippen LogP contribution in [0.1, 0.15) is 26.7 Å². The van der Waals surface area contributed by atoms with Crippen LogP contribution in [0.3, 0.4) is 0 Å². The molecule has 1 nitrogen and oxygen atoms in total. The lowest BCUT2D eigenvalue weighted by atomic mass is 9.75. The van der Waals surface area contributed by atoms with Crippen LogP contribution in [0.5, 0.6) is 5.75 Å². The second-order valence-electron chi connectivity index (χ2n) is 4.65. The maximum absolute atomic E-state index is 6.02. The Morgan fingerprint density at radius 1 is 1.27 bits per heavy atom. The largest absolute Gasteiger partial charge is 0.489 e. The Labute approximate surface area is 96.4 Å². The molecule has 0 heterocycles. The van der Waals surface area contributed by atoms with Crippen molar-refractivity contribution in [1.29, 1.82) is 0 Å². The summed E-state index contributed by atoms with van der Waals surface area (Å²) in [7, 11) is 0. The summed E-state index contributed by atoms with van der Waals surface area (Å²) in [5.41, 5.74) is 0. The van der Waals surface area contributed by atoms with Gasteiger partial charge in [-0.1, -0.05) is 37.6 Å². The van der Waals surface area contributed by atoms with Crippen molar-refractivity contribution < 1.29 is 4.74 Å². The minimum atomic E-state index is 0.372. The molecule has 0 atom stereocenters. The summed E-state index contributed by atoms with van der Waals surface area (Å²) in [4.78, 5) is 0. The summed E-state index contributed by atoms with van der Waals surface area (Å²) in [5.74, 6) is 2.43. The van der Waals surface area contributed by atoms with Gasteiger partial charge in [0.05, 0.1) is 11.1 Å². The predicted octanol–water partition coefficient (Wildman–Crippen LogP) is 4.15. The van der Waals surface area contributed by atoms with E-state index < -0.39 is 0 Å². The number of hydrogen-bond acceptors (Lipinski definition) is 1. The number of para-hydroxylation sites is 1. The summed E-state index contributed by atoms with van der Waals surface area (Å²) in [6, 6.07) is 7.69. The molecule has 82 valence electrons. The number of ether oxygens (including phenoxy) is 1. The summed E-state index contributed by atoms with van der Waals surface area (Å²) in [5, 5.41) is 0.713. The zero-order valence-electron chi connectivity index (χ0n) is 9.24. The van der Waals surface area contributed by atoms with Gasteiger partial charge in [-0.25, -0.2) is 0 Å². The van der Waals surface area contributed by atoms with E-state index >= 15 is 0 Å². The van der Waals surface area contributed by atoms with Crippen LogP contribution in [-0.4, -0.2) is 6.10 Å². The van der Waals surface area contributed by atoms with Crippen molar-refractivity contribution in [3.8, 4) is 5.75 Å². The Kier molecular flexibility index (Phi) is 3.20. The maximum atomic E-state index is 6.02. The quantitative estimate of drug-likeness (QED) is 0.750. The Morgan fingerprint density at radius 3 is 2.53 bits per heavy atom. The van der Waals surface area contributed by atoms with E-state index in [1.165, 1.54) is 12.8 Å². The molecule has 0 aromatic heterocycles. The topological polar surface area (TPSA) is 9.23 Å². The van der Waals surface area contributed by atoms with Gasteiger partial charge in [-0.3, -0.25) is 0 Å². The smallest absolute Gasteiger partial charge is 0.138 e. The molecular formula is C13H17ClO. The van der Waals surface area contributed by atoms with Gasteiger partial charge in [0.15, 0.2) is 0 Å². The first kappa shape index (κ1) is 10.8. The Morgan fingerprint density at radius 2 is 1.93 bits per heavy atom. The second kappa shape index (κ2) is 4.44. The first-order valence-corrected chi connectivity index (χ1v) is 5.96. The zero-order valence-corrected chi connectivity index (χ0v) is 10.00. The molecule has 1 aliphatic rings. The maximum Gasteiger partial charge on any atom is 0.138 e. The minimum absolute atomic E-state index is 0.372. The van der Waals surface area contributed by atoms with Crippen LogP contribution < -0.4 is 4.74 Å². The molecule has 0 N–H and O–H groups in total. The van der Waals surface area contributed by atoms with Crippen LogP contribution in [0.15, 0.2) is 24.3 Å². The average Bonchev–Trinajstić information content (AvgIpc) is 2.12. The van der Waals surface area contributed by atoms with Crippen molar-refractivity contribution in [2.45, 2.75) is 32.8 Å². The van der Waals surface area contributed by atoms with Crippen LogP contribution >= 0.6 is 11.6 Å². The highest BCUT2D eigenvalue weighted by Crippen LogP contribution is 2.37. The van der Waals surface area contributed by atoms with Crippen molar-refractivity contribution in [3.63, 3.8) is 0 Å². The van der Waals surface area contributed by atoms with Crippen molar-refractivity contribution >= 4 is 11.6 Å². The number of hydrogen-bond donors (Lipinski definition) is 0. The minimum Gasteiger partial charge on any atom is -0.489 e. The fourth-order valence-corrected chi connectivity index (χ4v) is 2.15. The molecule has 1 fully saturated rings. The highest BCUT2D eigenvalue weighted by Gasteiger charge is 2.32. The van der Waals surface area contributed by atoms with Gasteiger partial charge >= 0.3 is 0 Å². The molecule has 1 aromatic rings. The second-order valence-corrected chi connectivity index (χ2v) is 5.05. The molecule has 2 heteroatoms. The van der Waals surface area contributed by atoms with E-state index in [9.17, 15) is 0 Å². The van der Waals surface area contributed by atoms with Gasteiger partial charge in [-0.15, -0.1) is 0 Å². The van der Waals surface area contributed by atoms with Gasteiger partial charge in [-0.05, 0) is 36.8 Å². The molecule has 0 spiro atoms. The van der Waals surface area contributed by atoms with Gasteiger partial charge in [-0.2, -0.15) is 0 Å². The summed E-state index contributed by atoms with van der Waals surface area (Å²) >= 11 is 6.02. The lowest BCUT2D eigenvalue weighted by Crippen LogP contribution is -2.36. The lowest BCUT2D eigenvalue weighted by molar-refractivity contribution is 0.0417. The summed E-state index contributed by atoms with van der Waals surface area (Å²) < 4.78 is 5.83. The standard InChI is InChI=1S/C13H17ClO/c1-9(2)10-7-11(8-10)15-13-6-4-3-5-12(13)14/h3-6,9-11H,7-8H2,1-2H3/t10-,11+. The molecule has 0 bridgehead atoms. The molecule has 0 unspecified atom stereocenters. The SMILES string of the molecule is CC(C)[C@H]1C[C@@H](Oc2ccccc2Cl)C1. The van der Waals surface area contributed by atoms with Gasteiger partial charge < -0.3 is 4.74 Å².